The van der Waals surface area contributed by atoms with Crippen molar-refractivity contribution in [1.29, 1.82) is 0 Å². The molecule has 0 aliphatic heterocycles. The summed E-state index contributed by atoms with van der Waals surface area (Å²) in [6.07, 6.45) is 0.557. The van der Waals surface area contributed by atoms with Crippen molar-refractivity contribution < 1.29 is 13.6 Å². The van der Waals surface area contributed by atoms with E-state index >= 15 is 0 Å². The van der Waals surface area contributed by atoms with Gasteiger partial charge < -0.3 is 5.32 Å². The average Bonchev–Trinajstić information content (AvgIpc) is 3.04. The number of aromatic nitrogens is 1. The van der Waals surface area contributed by atoms with Gasteiger partial charge in [0.2, 0.25) is 0 Å². The fourth-order valence-electron chi connectivity index (χ4n) is 2.23. The van der Waals surface area contributed by atoms with E-state index in [0.717, 1.165) is 11.1 Å². The Labute approximate surface area is 142 Å². The summed E-state index contributed by atoms with van der Waals surface area (Å²) in [4.78, 5) is 16.3. The molecule has 3 nitrogen and oxygen atoms in total. The maximum Gasteiger partial charge on any atom is 0.251 e. The molecule has 3 aromatic rings. The van der Waals surface area contributed by atoms with Crippen LogP contribution in [-0.4, -0.2) is 17.4 Å². The van der Waals surface area contributed by atoms with Crippen molar-refractivity contribution in [3.8, 4) is 11.3 Å². The van der Waals surface area contributed by atoms with Gasteiger partial charge in [0.05, 0.1) is 10.7 Å². The molecule has 1 N–H and O–H groups in total. The fraction of sp³-hybridized carbons (Fsp3) is 0.111. The van der Waals surface area contributed by atoms with Crippen LogP contribution in [0.4, 0.5) is 8.78 Å². The van der Waals surface area contributed by atoms with E-state index in [1.54, 1.807) is 29.6 Å². The van der Waals surface area contributed by atoms with E-state index in [-0.39, 0.29) is 5.91 Å². The van der Waals surface area contributed by atoms with Gasteiger partial charge in [0.15, 0.2) is 0 Å². The first-order valence-corrected chi connectivity index (χ1v) is 8.24. The van der Waals surface area contributed by atoms with Crippen molar-refractivity contribution in [2.24, 2.45) is 0 Å². The third-order valence-corrected chi connectivity index (χ3v) is 4.28. The summed E-state index contributed by atoms with van der Waals surface area (Å²) >= 11 is 1.40. The van der Waals surface area contributed by atoms with Crippen LogP contribution < -0.4 is 5.32 Å². The van der Waals surface area contributed by atoms with Gasteiger partial charge in [0.1, 0.15) is 11.6 Å². The van der Waals surface area contributed by atoms with Crippen molar-refractivity contribution >= 4 is 17.2 Å². The Kier molecular flexibility index (Phi) is 4.96. The first kappa shape index (κ1) is 16.3. The summed E-state index contributed by atoms with van der Waals surface area (Å²) in [5, 5.41) is 5.37. The number of amides is 1. The second kappa shape index (κ2) is 7.31. The fourth-order valence-corrected chi connectivity index (χ4v) is 3.04. The van der Waals surface area contributed by atoms with Crippen LogP contribution in [-0.2, 0) is 6.42 Å². The Balaban J connectivity index is 1.59. The standard InChI is InChI=1S/C18H14F2N2OS/c19-14-8-13(9-15(20)10-14)16-11-24-17(22-16)6-7-21-18(23)12-4-2-1-3-5-12/h1-5,8-11H,6-7H2,(H,21,23). The molecular formula is C18H14F2N2OS. The van der Waals surface area contributed by atoms with Gasteiger partial charge in [0, 0.05) is 35.5 Å². The van der Waals surface area contributed by atoms with Crippen LogP contribution in [0.25, 0.3) is 11.3 Å². The molecule has 24 heavy (non-hydrogen) atoms. The number of hydrogen-bond acceptors (Lipinski definition) is 3. The lowest BCUT2D eigenvalue weighted by molar-refractivity contribution is 0.0954. The van der Waals surface area contributed by atoms with Gasteiger partial charge in [-0.2, -0.15) is 0 Å². The van der Waals surface area contributed by atoms with Gasteiger partial charge in [-0.3, -0.25) is 4.79 Å². The van der Waals surface area contributed by atoms with Crippen molar-refractivity contribution in [3.05, 3.63) is 76.1 Å². The Morgan fingerprint density at radius 1 is 1.08 bits per heavy atom. The first-order valence-electron chi connectivity index (χ1n) is 7.36. The second-order valence-corrected chi connectivity index (χ2v) is 6.10. The Bertz CT molecular complexity index is 829. The van der Waals surface area contributed by atoms with E-state index < -0.39 is 11.6 Å². The van der Waals surface area contributed by atoms with Crippen LogP contribution in [0.15, 0.2) is 53.9 Å². The monoisotopic (exact) mass is 344 g/mol. The minimum absolute atomic E-state index is 0.139. The highest BCUT2D eigenvalue weighted by Crippen LogP contribution is 2.23. The highest BCUT2D eigenvalue weighted by Gasteiger charge is 2.09. The summed E-state index contributed by atoms with van der Waals surface area (Å²) in [6.45, 7) is 0.443. The quantitative estimate of drug-likeness (QED) is 0.758. The molecule has 1 aromatic heterocycles. The van der Waals surface area contributed by atoms with Crippen LogP contribution in [0.3, 0.4) is 0 Å². The third kappa shape index (κ3) is 4.02. The van der Waals surface area contributed by atoms with Gasteiger partial charge in [-0.25, -0.2) is 13.8 Å². The summed E-state index contributed by atoms with van der Waals surface area (Å²) in [6, 6.07) is 12.3. The zero-order chi connectivity index (χ0) is 16.9. The van der Waals surface area contributed by atoms with E-state index in [1.807, 2.05) is 6.07 Å². The molecule has 122 valence electrons. The summed E-state index contributed by atoms with van der Waals surface area (Å²) in [5.41, 5.74) is 1.54. The number of hydrogen-bond donors (Lipinski definition) is 1. The summed E-state index contributed by atoms with van der Waals surface area (Å²) < 4.78 is 26.5. The van der Waals surface area contributed by atoms with Crippen molar-refractivity contribution in [3.63, 3.8) is 0 Å². The van der Waals surface area contributed by atoms with Gasteiger partial charge >= 0.3 is 0 Å². The second-order valence-electron chi connectivity index (χ2n) is 5.16. The highest BCUT2D eigenvalue weighted by molar-refractivity contribution is 7.09. The SMILES string of the molecule is O=C(NCCc1nc(-c2cc(F)cc(F)c2)cs1)c1ccccc1. The number of rotatable bonds is 5. The van der Waals surface area contributed by atoms with Crippen LogP contribution in [0, 0.1) is 11.6 Å². The molecule has 1 heterocycles. The number of benzene rings is 2. The Morgan fingerprint density at radius 2 is 1.79 bits per heavy atom. The topological polar surface area (TPSA) is 42.0 Å². The molecule has 0 saturated heterocycles. The van der Waals surface area contributed by atoms with Gasteiger partial charge in [-0.1, -0.05) is 18.2 Å². The number of halogens is 2. The van der Waals surface area contributed by atoms with Gasteiger partial charge in [0.25, 0.3) is 5.91 Å². The first-order chi connectivity index (χ1) is 11.6. The van der Waals surface area contributed by atoms with E-state index in [1.165, 1.54) is 23.5 Å². The maximum atomic E-state index is 13.3. The molecule has 1 amide bonds. The predicted molar refractivity (Wildman–Crippen MR) is 89.9 cm³/mol. The lowest BCUT2D eigenvalue weighted by Crippen LogP contribution is -2.25. The number of thiazole rings is 1. The molecule has 0 saturated carbocycles. The lowest BCUT2D eigenvalue weighted by Gasteiger charge is -2.03. The smallest absolute Gasteiger partial charge is 0.251 e. The molecule has 0 aliphatic carbocycles. The van der Waals surface area contributed by atoms with E-state index in [4.69, 9.17) is 0 Å². The van der Waals surface area contributed by atoms with Crippen LogP contribution in [0.2, 0.25) is 0 Å². The number of carbonyl (C=O) groups is 1. The Morgan fingerprint density at radius 3 is 2.50 bits per heavy atom. The largest absolute Gasteiger partial charge is 0.352 e. The third-order valence-electron chi connectivity index (χ3n) is 3.37. The lowest BCUT2D eigenvalue weighted by atomic mass is 10.1. The normalized spacial score (nSPS) is 10.6. The molecule has 2 aromatic carbocycles. The molecule has 0 bridgehead atoms. The number of nitrogens with one attached hydrogen (secondary N) is 1. The molecule has 0 atom stereocenters. The molecule has 0 spiro atoms. The van der Waals surface area contributed by atoms with E-state index in [9.17, 15) is 13.6 Å². The molecular weight excluding hydrogens is 330 g/mol. The minimum atomic E-state index is -0.630. The van der Waals surface area contributed by atoms with Gasteiger partial charge in [-0.05, 0) is 24.3 Å². The molecule has 6 heteroatoms. The molecule has 0 unspecified atom stereocenters. The predicted octanol–water partition coefficient (Wildman–Crippen LogP) is 4.06. The van der Waals surface area contributed by atoms with Crippen LogP contribution >= 0.6 is 11.3 Å². The van der Waals surface area contributed by atoms with Crippen molar-refractivity contribution in [2.75, 3.05) is 6.54 Å². The zero-order valence-corrected chi connectivity index (χ0v) is 13.4. The van der Waals surface area contributed by atoms with Crippen LogP contribution in [0.1, 0.15) is 15.4 Å². The summed E-state index contributed by atoms with van der Waals surface area (Å²) in [7, 11) is 0. The molecule has 3 rings (SSSR count). The zero-order valence-electron chi connectivity index (χ0n) is 12.6. The summed E-state index contributed by atoms with van der Waals surface area (Å²) in [5.74, 6) is -1.40. The Hall–Kier alpha value is -2.60. The number of carbonyl (C=O) groups excluding carboxylic acids is 1. The van der Waals surface area contributed by atoms with E-state index in [0.29, 0.717) is 29.8 Å². The molecule has 0 radical (unpaired) electrons. The van der Waals surface area contributed by atoms with Crippen LogP contribution in [0.5, 0.6) is 0 Å². The van der Waals surface area contributed by atoms with Gasteiger partial charge in [-0.15, -0.1) is 11.3 Å². The average molecular weight is 344 g/mol. The molecule has 0 aliphatic rings. The number of nitrogens with zero attached hydrogens (tertiary/aromatic N) is 1. The van der Waals surface area contributed by atoms with Crippen molar-refractivity contribution in [1.82, 2.24) is 10.3 Å². The minimum Gasteiger partial charge on any atom is -0.352 e. The molecule has 0 fully saturated rings. The highest BCUT2D eigenvalue weighted by atomic mass is 32.1. The maximum absolute atomic E-state index is 13.3. The van der Waals surface area contributed by atoms with Crippen molar-refractivity contribution in [2.45, 2.75) is 6.42 Å². The van der Waals surface area contributed by atoms with E-state index in [2.05, 4.69) is 10.3 Å².